The number of likely N-dealkylation sites (tertiary alicyclic amines) is 1. The van der Waals surface area contributed by atoms with Crippen molar-refractivity contribution in [3.05, 3.63) is 58.6 Å². The SMILES string of the molecule is CC1(C)CC2CC(C)(CN2Cn2c(O)c(N=NC(=O)c3ccccc3Br)c3ccccc32)C1. The van der Waals surface area contributed by atoms with Gasteiger partial charge in [-0.05, 0) is 64.2 Å². The molecule has 6 nitrogen and oxygen atoms in total. The second-order valence-corrected chi connectivity index (χ2v) is 11.6. The van der Waals surface area contributed by atoms with Gasteiger partial charge in [0, 0.05) is 22.4 Å². The molecule has 3 aromatic rings. The van der Waals surface area contributed by atoms with E-state index in [9.17, 15) is 9.90 Å². The van der Waals surface area contributed by atoms with Gasteiger partial charge in [-0.3, -0.25) is 14.3 Å². The van der Waals surface area contributed by atoms with Crippen LogP contribution in [0.15, 0.2) is 63.2 Å². The Balaban J connectivity index is 1.48. The quantitative estimate of drug-likeness (QED) is 0.390. The molecule has 1 aromatic heterocycles. The fourth-order valence-electron chi connectivity index (χ4n) is 6.22. The number of aromatic hydroxyl groups is 1. The number of hydrogen-bond acceptors (Lipinski definition) is 4. The van der Waals surface area contributed by atoms with E-state index < -0.39 is 5.91 Å². The minimum Gasteiger partial charge on any atom is -0.493 e. The number of amides is 1. The van der Waals surface area contributed by atoms with E-state index in [1.165, 1.54) is 12.8 Å². The second-order valence-electron chi connectivity index (χ2n) is 10.7. The molecule has 2 unspecified atom stereocenters. The summed E-state index contributed by atoms with van der Waals surface area (Å²) >= 11 is 3.38. The van der Waals surface area contributed by atoms with Crippen molar-refractivity contribution in [2.75, 3.05) is 6.54 Å². The van der Waals surface area contributed by atoms with E-state index in [0.717, 1.165) is 23.9 Å². The summed E-state index contributed by atoms with van der Waals surface area (Å²) in [7, 11) is 0. The van der Waals surface area contributed by atoms with Gasteiger partial charge in [-0.25, -0.2) is 0 Å². The largest absolute Gasteiger partial charge is 0.493 e. The Morgan fingerprint density at radius 3 is 2.64 bits per heavy atom. The number of nitrogens with zero attached hydrogens (tertiary/aromatic N) is 4. The molecule has 2 atom stereocenters. The first-order valence-corrected chi connectivity index (χ1v) is 12.2. The lowest BCUT2D eigenvalue weighted by Gasteiger charge is -2.40. The summed E-state index contributed by atoms with van der Waals surface area (Å²) in [6, 6.07) is 15.4. The van der Waals surface area contributed by atoms with Gasteiger partial charge in [0.15, 0.2) is 5.69 Å². The van der Waals surface area contributed by atoms with Crippen LogP contribution in [0.3, 0.4) is 0 Å². The van der Waals surface area contributed by atoms with Crippen LogP contribution in [-0.2, 0) is 6.67 Å². The van der Waals surface area contributed by atoms with Crippen LogP contribution >= 0.6 is 15.9 Å². The maximum atomic E-state index is 12.6. The molecule has 1 saturated heterocycles. The first-order valence-electron chi connectivity index (χ1n) is 11.4. The number of aromatic nitrogens is 1. The molecule has 2 heterocycles. The van der Waals surface area contributed by atoms with Gasteiger partial charge in [-0.1, -0.05) is 51.1 Å². The molecule has 172 valence electrons. The first kappa shape index (κ1) is 22.3. The first-order chi connectivity index (χ1) is 15.7. The zero-order valence-electron chi connectivity index (χ0n) is 19.3. The summed E-state index contributed by atoms with van der Waals surface area (Å²) in [5.74, 6) is -0.409. The summed E-state index contributed by atoms with van der Waals surface area (Å²) in [5.41, 5.74) is 2.30. The van der Waals surface area contributed by atoms with Gasteiger partial charge in [-0.2, -0.15) is 0 Å². The molecule has 1 N–H and O–H groups in total. The third-order valence-corrected chi connectivity index (χ3v) is 7.80. The van der Waals surface area contributed by atoms with Crippen LogP contribution in [0.4, 0.5) is 5.69 Å². The number of carbonyl (C=O) groups excluding carboxylic acids is 1. The molecule has 0 spiro atoms. The van der Waals surface area contributed by atoms with E-state index in [4.69, 9.17) is 0 Å². The predicted molar refractivity (Wildman–Crippen MR) is 133 cm³/mol. The Hall–Kier alpha value is -2.51. The number of carbonyl (C=O) groups is 1. The highest BCUT2D eigenvalue weighted by Crippen LogP contribution is 2.53. The maximum Gasteiger partial charge on any atom is 0.296 e. The smallest absolute Gasteiger partial charge is 0.296 e. The van der Waals surface area contributed by atoms with Crippen molar-refractivity contribution in [2.24, 2.45) is 21.1 Å². The Labute approximate surface area is 202 Å². The van der Waals surface area contributed by atoms with Crippen LogP contribution in [-0.4, -0.2) is 33.1 Å². The highest BCUT2D eigenvalue weighted by Gasteiger charge is 2.49. The Morgan fingerprint density at radius 1 is 1.12 bits per heavy atom. The van der Waals surface area contributed by atoms with Gasteiger partial charge in [-0.15, -0.1) is 10.2 Å². The lowest BCUT2D eigenvalue weighted by Crippen LogP contribution is -2.35. The zero-order valence-corrected chi connectivity index (χ0v) is 20.8. The van der Waals surface area contributed by atoms with Crippen LogP contribution in [0.1, 0.15) is 50.4 Å². The number of azo groups is 1. The van der Waals surface area contributed by atoms with E-state index in [-0.39, 0.29) is 5.88 Å². The molecule has 1 saturated carbocycles. The number of para-hydroxylation sites is 1. The summed E-state index contributed by atoms with van der Waals surface area (Å²) in [6.45, 7) is 8.73. The molecule has 33 heavy (non-hydrogen) atoms. The van der Waals surface area contributed by atoms with E-state index in [1.54, 1.807) is 18.2 Å². The summed E-state index contributed by atoms with van der Waals surface area (Å²) in [5, 5.41) is 20.1. The predicted octanol–water partition coefficient (Wildman–Crippen LogP) is 6.89. The molecule has 2 aliphatic rings. The summed E-state index contributed by atoms with van der Waals surface area (Å²) in [4.78, 5) is 15.1. The zero-order chi connectivity index (χ0) is 23.4. The molecule has 1 aliphatic carbocycles. The van der Waals surface area contributed by atoms with Gasteiger partial charge < -0.3 is 5.11 Å². The average Bonchev–Trinajstić information content (AvgIpc) is 3.15. The minimum absolute atomic E-state index is 0.0470. The standard InChI is InChI=1S/C26H29BrN4O2/c1-25(2)12-17-13-26(3,14-25)15-30(17)16-31-21-11-7-5-9-19(21)22(24(31)33)28-29-23(32)18-8-4-6-10-20(18)27/h4-11,17,33H,12-16H2,1-3H3. The summed E-state index contributed by atoms with van der Waals surface area (Å²) < 4.78 is 2.57. The number of benzene rings is 2. The highest BCUT2D eigenvalue weighted by atomic mass is 79.9. The second kappa shape index (κ2) is 8.06. The average molecular weight is 509 g/mol. The molecule has 0 radical (unpaired) electrons. The molecular weight excluding hydrogens is 480 g/mol. The van der Waals surface area contributed by atoms with E-state index in [1.807, 2.05) is 34.9 Å². The van der Waals surface area contributed by atoms with Crippen molar-refractivity contribution in [1.82, 2.24) is 9.47 Å². The molecule has 7 heteroatoms. The van der Waals surface area contributed by atoms with Crippen molar-refractivity contribution in [3.63, 3.8) is 0 Å². The van der Waals surface area contributed by atoms with Gasteiger partial charge >= 0.3 is 0 Å². The van der Waals surface area contributed by atoms with Crippen LogP contribution in [0, 0.1) is 10.8 Å². The monoisotopic (exact) mass is 508 g/mol. The molecule has 2 fully saturated rings. The van der Waals surface area contributed by atoms with Gasteiger partial charge in [0.05, 0.1) is 17.7 Å². The van der Waals surface area contributed by atoms with E-state index >= 15 is 0 Å². The lowest BCUT2D eigenvalue weighted by atomic mass is 9.65. The summed E-state index contributed by atoms with van der Waals surface area (Å²) in [6.07, 6.45) is 3.58. The fourth-order valence-corrected chi connectivity index (χ4v) is 6.68. The van der Waals surface area contributed by atoms with Crippen LogP contribution in [0.25, 0.3) is 10.9 Å². The lowest BCUT2D eigenvalue weighted by molar-refractivity contribution is 0.0994. The number of rotatable bonds is 4. The number of hydrogen-bond donors (Lipinski definition) is 1. The molecule has 2 bridgehead atoms. The van der Waals surface area contributed by atoms with Crippen molar-refractivity contribution in [2.45, 2.75) is 52.7 Å². The molecule has 1 aliphatic heterocycles. The Bertz CT molecular complexity index is 1260. The fraction of sp³-hybridized carbons (Fsp3) is 0.423. The third kappa shape index (κ3) is 4.13. The van der Waals surface area contributed by atoms with Crippen molar-refractivity contribution in [1.29, 1.82) is 0 Å². The topological polar surface area (TPSA) is 70.2 Å². The molecule has 5 rings (SSSR count). The van der Waals surface area contributed by atoms with Crippen molar-refractivity contribution < 1.29 is 9.90 Å². The Morgan fingerprint density at radius 2 is 1.85 bits per heavy atom. The number of halogens is 1. The molecule has 2 aromatic carbocycles. The third-order valence-electron chi connectivity index (χ3n) is 7.11. The molecular formula is C26H29BrN4O2. The van der Waals surface area contributed by atoms with Crippen molar-refractivity contribution in [3.8, 4) is 5.88 Å². The van der Waals surface area contributed by atoms with Gasteiger partial charge in [0.1, 0.15) is 0 Å². The Kier molecular flexibility index (Phi) is 5.45. The van der Waals surface area contributed by atoms with Crippen LogP contribution < -0.4 is 0 Å². The van der Waals surface area contributed by atoms with Gasteiger partial charge in [0.2, 0.25) is 5.88 Å². The number of fused-ring (bicyclic) bond motifs is 3. The van der Waals surface area contributed by atoms with E-state index in [2.05, 4.69) is 51.8 Å². The maximum absolute atomic E-state index is 12.6. The molecule has 1 amide bonds. The van der Waals surface area contributed by atoms with Crippen LogP contribution in [0.2, 0.25) is 0 Å². The normalized spacial score (nSPS) is 24.7. The van der Waals surface area contributed by atoms with Crippen LogP contribution in [0.5, 0.6) is 5.88 Å². The van der Waals surface area contributed by atoms with Gasteiger partial charge in [0.25, 0.3) is 5.91 Å². The minimum atomic E-state index is -0.456. The van der Waals surface area contributed by atoms with E-state index in [0.29, 0.717) is 39.3 Å². The van der Waals surface area contributed by atoms with Crippen molar-refractivity contribution >= 4 is 38.4 Å². The highest BCUT2D eigenvalue weighted by molar-refractivity contribution is 9.10.